The van der Waals surface area contributed by atoms with Gasteiger partial charge in [-0.3, -0.25) is 14.9 Å². The zero-order valence-electron chi connectivity index (χ0n) is 17.3. The van der Waals surface area contributed by atoms with Crippen molar-refractivity contribution in [2.24, 2.45) is 0 Å². The Morgan fingerprint density at radius 3 is 2.16 bits per heavy atom. The van der Waals surface area contributed by atoms with Gasteiger partial charge in [-0.1, -0.05) is 60.7 Å². The van der Waals surface area contributed by atoms with Crippen LogP contribution < -0.4 is 5.32 Å². The molecule has 1 amide bonds. The maximum Gasteiger partial charge on any atom is 0.295 e. The van der Waals surface area contributed by atoms with Crippen molar-refractivity contribution in [2.45, 2.75) is 18.9 Å². The summed E-state index contributed by atoms with van der Waals surface area (Å²) in [6.45, 7) is 1.93. The van der Waals surface area contributed by atoms with Gasteiger partial charge in [0.1, 0.15) is 18.3 Å². The zero-order valence-corrected chi connectivity index (χ0v) is 17.3. The summed E-state index contributed by atoms with van der Waals surface area (Å²) in [5.74, 6) is -0.464. The molecule has 1 atom stereocenters. The Kier molecular flexibility index (Phi) is 6.03. The summed E-state index contributed by atoms with van der Waals surface area (Å²) in [5.41, 5.74) is 2.35. The Morgan fingerprint density at radius 2 is 1.62 bits per heavy atom. The molecule has 0 saturated heterocycles. The van der Waals surface area contributed by atoms with E-state index < -0.39 is 4.92 Å². The second-order valence-electron chi connectivity index (χ2n) is 7.36. The molecule has 1 N–H and O–H groups in total. The van der Waals surface area contributed by atoms with E-state index in [2.05, 4.69) is 15.4 Å². The number of amides is 1. The van der Waals surface area contributed by atoms with E-state index in [1.165, 1.54) is 29.5 Å². The average molecular weight is 427 g/mol. The Hall–Kier alpha value is -4.33. The van der Waals surface area contributed by atoms with Crippen molar-refractivity contribution in [3.05, 3.63) is 118 Å². The molecule has 0 radical (unpaired) electrons. The Labute approximate surface area is 184 Å². The fraction of sp³-hybridized carbons (Fsp3) is 0.125. The fourth-order valence-corrected chi connectivity index (χ4v) is 3.80. The summed E-state index contributed by atoms with van der Waals surface area (Å²) < 4.78 is 1.29. The average Bonchev–Trinajstić information content (AvgIpc) is 3.35. The molecule has 0 aliphatic heterocycles. The van der Waals surface area contributed by atoms with Crippen LogP contribution in [0.2, 0.25) is 0 Å². The van der Waals surface area contributed by atoms with Crippen molar-refractivity contribution in [3.8, 4) is 5.69 Å². The van der Waals surface area contributed by atoms with E-state index in [1.54, 1.807) is 6.07 Å². The second kappa shape index (κ2) is 9.22. The summed E-state index contributed by atoms with van der Waals surface area (Å²) >= 11 is 0. The molecule has 160 valence electrons. The minimum atomic E-state index is -0.534. The lowest BCUT2D eigenvalue weighted by molar-refractivity contribution is -0.384. The molecule has 3 aromatic carbocycles. The lowest BCUT2D eigenvalue weighted by Gasteiger charge is -2.26. The molecule has 0 saturated carbocycles. The van der Waals surface area contributed by atoms with Gasteiger partial charge in [0.25, 0.3) is 11.6 Å². The first-order chi connectivity index (χ1) is 15.5. The van der Waals surface area contributed by atoms with Crippen LogP contribution in [-0.4, -0.2) is 31.6 Å². The van der Waals surface area contributed by atoms with Gasteiger partial charge in [-0.25, -0.2) is 9.67 Å². The predicted molar refractivity (Wildman–Crippen MR) is 120 cm³/mol. The van der Waals surface area contributed by atoms with Crippen LogP contribution in [0.15, 0.2) is 91.5 Å². The molecule has 4 rings (SSSR count). The van der Waals surface area contributed by atoms with Gasteiger partial charge < -0.3 is 5.32 Å². The lowest BCUT2D eigenvalue weighted by Crippen LogP contribution is -2.37. The largest absolute Gasteiger partial charge is 0.349 e. The second-order valence-corrected chi connectivity index (χ2v) is 7.36. The lowest BCUT2D eigenvalue weighted by atomic mass is 9.85. The summed E-state index contributed by atoms with van der Waals surface area (Å²) in [6, 6.07) is 23.9. The quantitative estimate of drug-likeness (QED) is 0.353. The van der Waals surface area contributed by atoms with Gasteiger partial charge in [-0.2, -0.15) is 5.10 Å². The van der Waals surface area contributed by atoms with Crippen LogP contribution in [-0.2, 0) is 0 Å². The Morgan fingerprint density at radius 1 is 1.00 bits per heavy atom. The monoisotopic (exact) mass is 427 g/mol. The van der Waals surface area contributed by atoms with Crippen LogP contribution in [0.3, 0.4) is 0 Å². The third kappa shape index (κ3) is 4.39. The number of nitrogens with one attached hydrogen (secondary N) is 1. The predicted octanol–water partition coefficient (Wildman–Crippen LogP) is 4.13. The number of nitrogens with zero attached hydrogens (tertiary/aromatic N) is 4. The first-order valence-electron chi connectivity index (χ1n) is 10.1. The fourth-order valence-electron chi connectivity index (χ4n) is 3.80. The highest BCUT2D eigenvalue weighted by Gasteiger charge is 2.25. The number of carbonyl (C=O) groups is 1. The van der Waals surface area contributed by atoms with Crippen LogP contribution >= 0.6 is 0 Å². The van der Waals surface area contributed by atoms with Gasteiger partial charge in [-0.15, -0.1) is 0 Å². The van der Waals surface area contributed by atoms with E-state index in [0.29, 0.717) is 0 Å². The number of benzene rings is 3. The van der Waals surface area contributed by atoms with Crippen LogP contribution in [0, 0.1) is 10.1 Å². The Balaban J connectivity index is 1.62. The molecule has 8 heteroatoms. The van der Waals surface area contributed by atoms with E-state index in [0.717, 1.165) is 11.1 Å². The smallest absolute Gasteiger partial charge is 0.295 e. The van der Waals surface area contributed by atoms with Crippen LogP contribution in [0.25, 0.3) is 5.69 Å². The maximum atomic E-state index is 13.0. The van der Waals surface area contributed by atoms with E-state index in [-0.39, 0.29) is 34.8 Å². The van der Waals surface area contributed by atoms with Crippen LogP contribution in [0.1, 0.15) is 34.3 Å². The van der Waals surface area contributed by atoms with E-state index in [4.69, 9.17) is 0 Å². The molecule has 8 nitrogen and oxygen atoms in total. The number of hydrogen-bond donors (Lipinski definition) is 1. The molecule has 32 heavy (non-hydrogen) atoms. The minimum absolute atomic E-state index is 0.0780. The van der Waals surface area contributed by atoms with Gasteiger partial charge in [0, 0.05) is 23.6 Å². The van der Waals surface area contributed by atoms with Crippen LogP contribution in [0.4, 0.5) is 5.69 Å². The van der Waals surface area contributed by atoms with Gasteiger partial charge in [0.2, 0.25) is 0 Å². The first kappa shape index (κ1) is 20.9. The van der Waals surface area contributed by atoms with Crippen molar-refractivity contribution in [2.75, 3.05) is 0 Å². The zero-order chi connectivity index (χ0) is 22.5. The van der Waals surface area contributed by atoms with Crippen molar-refractivity contribution in [3.63, 3.8) is 0 Å². The summed E-state index contributed by atoms with van der Waals surface area (Å²) in [7, 11) is 0. The van der Waals surface area contributed by atoms with Crippen molar-refractivity contribution < 1.29 is 9.72 Å². The third-order valence-corrected chi connectivity index (χ3v) is 5.28. The van der Waals surface area contributed by atoms with Gasteiger partial charge in [0.15, 0.2) is 0 Å². The normalized spacial score (nSPS) is 11.8. The molecule has 0 spiro atoms. The van der Waals surface area contributed by atoms with Crippen molar-refractivity contribution in [1.29, 1.82) is 0 Å². The molecule has 0 aliphatic carbocycles. The third-order valence-electron chi connectivity index (χ3n) is 5.28. The molecule has 0 aliphatic rings. The number of hydrogen-bond acceptors (Lipinski definition) is 5. The topological polar surface area (TPSA) is 103 Å². The minimum Gasteiger partial charge on any atom is -0.349 e. The molecule has 4 aromatic rings. The molecule has 0 fully saturated rings. The summed E-state index contributed by atoms with van der Waals surface area (Å²) in [6.07, 6.45) is 2.66. The van der Waals surface area contributed by atoms with E-state index >= 15 is 0 Å². The number of nitro benzene ring substituents is 1. The van der Waals surface area contributed by atoms with E-state index in [9.17, 15) is 14.9 Å². The highest BCUT2D eigenvalue weighted by Crippen LogP contribution is 2.29. The maximum absolute atomic E-state index is 13.0. The molecule has 1 aromatic heterocycles. The highest BCUT2D eigenvalue weighted by molar-refractivity contribution is 5.95. The van der Waals surface area contributed by atoms with Crippen LogP contribution in [0.5, 0.6) is 0 Å². The molecular weight excluding hydrogens is 406 g/mol. The Bertz CT molecular complexity index is 1170. The molecule has 1 heterocycles. The summed E-state index contributed by atoms with van der Waals surface area (Å²) in [5, 5.41) is 18.6. The molecule has 0 bridgehead atoms. The number of nitro groups is 1. The molecular formula is C24H21N5O3. The first-order valence-corrected chi connectivity index (χ1v) is 10.1. The number of carbonyl (C=O) groups excluding carboxylic acids is 1. The highest BCUT2D eigenvalue weighted by atomic mass is 16.6. The molecule has 1 unspecified atom stereocenters. The van der Waals surface area contributed by atoms with Crippen molar-refractivity contribution >= 4 is 11.6 Å². The standard InChI is InChI=1S/C24H21N5O3/c1-17(23(18-8-4-2-5-9-18)19-10-6-3-7-11-19)27-24(30)20-12-13-21(22(14-20)29(31)32)28-16-25-15-26-28/h2-17,23H,1H3,(H,27,30). The van der Waals surface area contributed by atoms with E-state index in [1.807, 2.05) is 67.6 Å². The van der Waals surface area contributed by atoms with Crippen molar-refractivity contribution in [1.82, 2.24) is 20.1 Å². The number of rotatable bonds is 7. The summed E-state index contributed by atoms with van der Waals surface area (Å²) in [4.78, 5) is 27.9. The number of aromatic nitrogens is 3. The van der Waals surface area contributed by atoms with Gasteiger partial charge in [0.05, 0.1) is 4.92 Å². The van der Waals surface area contributed by atoms with Gasteiger partial charge >= 0.3 is 0 Å². The van der Waals surface area contributed by atoms with Gasteiger partial charge in [-0.05, 0) is 30.2 Å². The SMILES string of the molecule is CC(NC(=O)c1ccc(-n2cncn2)c([N+](=O)[O-])c1)C(c1ccccc1)c1ccccc1.